The second kappa shape index (κ2) is 8.73. The van der Waals surface area contributed by atoms with Crippen LogP contribution >= 0.6 is 0 Å². The Morgan fingerprint density at radius 1 is 1.14 bits per heavy atom. The molecule has 0 saturated carbocycles. The maximum Gasteiger partial charge on any atom is 0.494 e. The first-order valence-electron chi connectivity index (χ1n) is 8.85. The quantitative estimate of drug-likeness (QED) is 0.634. The van der Waals surface area contributed by atoms with Crippen LogP contribution in [0.5, 0.6) is 0 Å². The van der Waals surface area contributed by atoms with E-state index in [4.69, 9.17) is 9.39 Å². The lowest BCUT2D eigenvalue weighted by Crippen LogP contribution is -2.53. The fourth-order valence-corrected chi connectivity index (χ4v) is 2.17. The predicted octanol–water partition coefficient (Wildman–Crippen LogP) is 2.83. The van der Waals surface area contributed by atoms with Crippen molar-refractivity contribution in [3.63, 3.8) is 0 Å². The highest BCUT2D eigenvalue weighted by Gasteiger charge is 2.40. The molecule has 0 fully saturated rings. The summed E-state index contributed by atoms with van der Waals surface area (Å²) in [6.07, 6.45) is -0.726. The third-order valence-electron chi connectivity index (χ3n) is 4.61. The van der Waals surface area contributed by atoms with Crippen molar-refractivity contribution in [3.8, 4) is 0 Å². The number of benzene rings is 2. The zero-order valence-electron chi connectivity index (χ0n) is 16.4. The number of anilines is 1. The van der Waals surface area contributed by atoms with Gasteiger partial charge in [-0.15, -0.1) is 0 Å². The van der Waals surface area contributed by atoms with Crippen LogP contribution < -0.4 is 10.8 Å². The van der Waals surface area contributed by atoms with Crippen LogP contribution in [-0.4, -0.2) is 34.5 Å². The molecule has 2 aromatic rings. The van der Waals surface area contributed by atoms with E-state index in [1.807, 2.05) is 30.3 Å². The van der Waals surface area contributed by atoms with E-state index in [9.17, 15) is 19.3 Å². The molecule has 3 N–H and O–H groups in total. The molecule has 0 saturated heterocycles. The number of aliphatic hydroxyl groups is 1. The molecule has 0 aromatic heterocycles. The van der Waals surface area contributed by atoms with E-state index in [1.165, 1.54) is 26.0 Å². The number of hydrogen-bond acceptors (Lipinski definition) is 5. The van der Waals surface area contributed by atoms with Crippen molar-refractivity contribution in [2.24, 2.45) is 0 Å². The van der Waals surface area contributed by atoms with Crippen LogP contribution in [0.15, 0.2) is 48.5 Å². The standard InChI is InChI=1S/C20H25BFNO5/c1-19(2,25)20(3,4)28-21(26)16-11-10-15(12-17(16)22)23-18(24)27-13-14-8-6-5-7-9-14/h5-12,25-26H,13H2,1-4H3,(H,23,24). The first kappa shape index (κ1) is 21.9. The van der Waals surface area contributed by atoms with Crippen molar-refractivity contribution in [3.05, 3.63) is 59.9 Å². The van der Waals surface area contributed by atoms with Gasteiger partial charge in [0.2, 0.25) is 0 Å². The molecule has 0 heterocycles. The molecule has 0 bridgehead atoms. The predicted molar refractivity (Wildman–Crippen MR) is 106 cm³/mol. The van der Waals surface area contributed by atoms with Crippen molar-refractivity contribution >= 4 is 24.4 Å². The Morgan fingerprint density at radius 2 is 1.79 bits per heavy atom. The van der Waals surface area contributed by atoms with Gasteiger partial charge in [0, 0.05) is 11.2 Å². The van der Waals surface area contributed by atoms with Gasteiger partial charge in [-0.1, -0.05) is 36.4 Å². The fourth-order valence-electron chi connectivity index (χ4n) is 2.17. The number of halogens is 1. The molecule has 0 radical (unpaired) electrons. The monoisotopic (exact) mass is 389 g/mol. The van der Waals surface area contributed by atoms with Crippen LogP contribution in [0.3, 0.4) is 0 Å². The molecule has 0 aliphatic heterocycles. The number of carbonyl (C=O) groups is 1. The topological polar surface area (TPSA) is 88.0 Å². The van der Waals surface area contributed by atoms with Crippen molar-refractivity contribution in [1.29, 1.82) is 0 Å². The maximum atomic E-state index is 14.4. The molecule has 0 aliphatic rings. The largest absolute Gasteiger partial charge is 0.494 e. The number of ether oxygens (including phenoxy) is 1. The molecule has 0 unspecified atom stereocenters. The zero-order chi connectivity index (χ0) is 20.9. The lowest BCUT2D eigenvalue weighted by molar-refractivity contribution is -0.0983. The Bertz CT molecular complexity index is 808. The van der Waals surface area contributed by atoms with Crippen molar-refractivity contribution < 1.29 is 28.7 Å². The van der Waals surface area contributed by atoms with E-state index < -0.39 is 30.2 Å². The molecule has 2 aromatic carbocycles. The third kappa shape index (κ3) is 5.79. The lowest BCUT2D eigenvalue weighted by atomic mass is 9.76. The summed E-state index contributed by atoms with van der Waals surface area (Å²) in [5, 5.41) is 22.7. The Labute approximate surface area is 164 Å². The summed E-state index contributed by atoms with van der Waals surface area (Å²) in [5.74, 6) is -0.764. The molecule has 8 heteroatoms. The van der Waals surface area contributed by atoms with Gasteiger partial charge >= 0.3 is 13.2 Å². The van der Waals surface area contributed by atoms with Gasteiger partial charge in [0.15, 0.2) is 0 Å². The molecule has 28 heavy (non-hydrogen) atoms. The molecular weight excluding hydrogens is 364 g/mol. The zero-order valence-corrected chi connectivity index (χ0v) is 16.4. The van der Waals surface area contributed by atoms with E-state index in [-0.39, 0.29) is 17.8 Å². The van der Waals surface area contributed by atoms with Gasteiger partial charge in [-0.05, 0) is 45.4 Å². The van der Waals surface area contributed by atoms with E-state index in [0.717, 1.165) is 11.6 Å². The summed E-state index contributed by atoms with van der Waals surface area (Å²) in [4.78, 5) is 11.9. The minimum Gasteiger partial charge on any atom is -0.444 e. The number of nitrogens with one attached hydrogen (secondary N) is 1. The molecular formula is C20H25BFNO5. The Morgan fingerprint density at radius 3 is 2.36 bits per heavy atom. The molecule has 1 amide bonds. The van der Waals surface area contributed by atoms with E-state index >= 15 is 0 Å². The Kier molecular flexibility index (Phi) is 6.82. The second-order valence-electron chi connectivity index (χ2n) is 7.46. The van der Waals surface area contributed by atoms with Crippen LogP contribution in [0.1, 0.15) is 33.3 Å². The highest BCUT2D eigenvalue weighted by molar-refractivity contribution is 6.60. The summed E-state index contributed by atoms with van der Waals surface area (Å²) in [7, 11) is -1.58. The smallest absolute Gasteiger partial charge is 0.444 e. The van der Waals surface area contributed by atoms with Gasteiger partial charge in [-0.3, -0.25) is 5.32 Å². The third-order valence-corrected chi connectivity index (χ3v) is 4.61. The Balaban J connectivity index is 1.98. The molecule has 0 aliphatic carbocycles. The molecule has 0 spiro atoms. The molecule has 150 valence electrons. The highest BCUT2D eigenvalue weighted by Crippen LogP contribution is 2.25. The summed E-state index contributed by atoms with van der Waals surface area (Å²) in [6, 6.07) is 12.9. The van der Waals surface area contributed by atoms with Crippen molar-refractivity contribution in [2.45, 2.75) is 45.5 Å². The first-order valence-corrected chi connectivity index (χ1v) is 8.85. The van der Waals surface area contributed by atoms with Gasteiger partial charge in [-0.2, -0.15) is 0 Å². The van der Waals surface area contributed by atoms with E-state index in [2.05, 4.69) is 5.32 Å². The van der Waals surface area contributed by atoms with Crippen molar-refractivity contribution in [2.75, 3.05) is 5.32 Å². The molecule has 0 atom stereocenters. The summed E-state index contributed by atoms with van der Waals surface area (Å²) >= 11 is 0. The van der Waals surface area contributed by atoms with Gasteiger partial charge in [0.25, 0.3) is 0 Å². The minimum absolute atomic E-state index is 0.0891. The van der Waals surface area contributed by atoms with Crippen LogP contribution in [0.2, 0.25) is 0 Å². The van der Waals surface area contributed by atoms with E-state index in [1.54, 1.807) is 13.8 Å². The number of carbonyl (C=O) groups excluding carboxylic acids is 1. The number of amides is 1. The summed E-state index contributed by atoms with van der Waals surface area (Å²) in [6.45, 7) is 6.33. The average Bonchev–Trinajstić information content (AvgIpc) is 2.59. The molecule has 2 rings (SSSR count). The van der Waals surface area contributed by atoms with Crippen LogP contribution in [-0.2, 0) is 16.0 Å². The average molecular weight is 389 g/mol. The van der Waals surface area contributed by atoms with Crippen LogP contribution in [0.4, 0.5) is 14.9 Å². The van der Waals surface area contributed by atoms with Gasteiger partial charge < -0.3 is 19.5 Å². The summed E-state index contributed by atoms with van der Waals surface area (Å²) in [5.41, 5.74) is -1.49. The second-order valence-corrected chi connectivity index (χ2v) is 7.46. The normalized spacial score (nSPS) is 11.8. The first-order chi connectivity index (χ1) is 13.0. The van der Waals surface area contributed by atoms with Gasteiger partial charge in [0.05, 0.1) is 11.2 Å². The number of rotatable bonds is 7. The van der Waals surface area contributed by atoms with E-state index in [0.29, 0.717) is 0 Å². The summed E-state index contributed by atoms with van der Waals surface area (Å²) < 4.78 is 24.9. The lowest BCUT2D eigenvalue weighted by Gasteiger charge is -2.38. The van der Waals surface area contributed by atoms with Crippen molar-refractivity contribution in [1.82, 2.24) is 0 Å². The Hall–Kier alpha value is -2.42. The fraction of sp³-hybridized carbons (Fsp3) is 0.350. The van der Waals surface area contributed by atoms with Crippen LogP contribution in [0, 0.1) is 5.82 Å². The van der Waals surface area contributed by atoms with Gasteiger partial charge in [0.1, 0.15) is 12.4 Å². The number of hydrogen-bond donors (Lipinski definition) is 3. The highest BCUT2D eigenvalue weighted by atomic mass is 19.1. The minimum atomic E-state index is -1.58. The molecule has 6 nitrogen and oxygen atoms in total. The SMILES string of the molecule is CC(C)(O)C(C)(C)OB(O)c1ccc(NC(=O)OCc2ccccc2)cc1F. The maximum absolute atomic E-state index is 14.4. The van der Waals surface area contributed by atoms with Gasteiger partial charge in [-0.25, -0.2) is 9.18 Å². The van der Waals surface area contributed by atoms with Crippen LogP contribution in [0.25, 0.3) is 0 Å².